The standard InChI is InChI=1S/C15H15ClN2O/c1-9(2)12-8-14(16)18-15(17-12)11-3-4-13-10(7-11)5-6-19-13/h3-4,7-9H,5-6H2,1-2H3. The Hall–Kier alpha value is -1.61. The van der Waals surface area contributed by atoms with Gasteiger partial charge in [0.1, 0.15) is 10.9 Å². The van der Waals surface area contributed by atoms with Crippen LogP contribution in [0.1, 0.15) is 31.0 Å². The molecule has 2 heterocycles. The molecule has 0 spiro atoms. The summed E-state index contributed by atoms with van der Waals surface area (Å²) >= 11 is 6.09. The lowest BCUT2D eigenvalue weighted by atomic mass is 10.1. The number of hydrogen-bond donors (Lipinski definition) is 0. The molecule has 0 N–H and O–H groups in total. The Morgan fingerprint density at radius 1 is 1.21 bits per heavy atom. The number of halogens is 1. The van der Waals surface area contributed by atoms with Crippen molar-refractivity contribution in [3.05, 3.63) is 40.7 Å². The highest BCUT2D eigenvalue weighted by atomic mass is 35.5. The molecule has 19 heavy (non-hydrogen) atoms. The van der Waals surface area contributed by atoms with Gasteiger partial charge in [0.05, 0.1) is 6.61 Å². The number of rotatable bonds is 2. The highest BCUT2D eigenvalue weighted by molar-refractivity contribution is 6.29. The zero-order valence-corrected chi connectivity index (χ0v) is 11.7. The van der Waals surface area contributed by atoms with E-state index in [0.717, 1.165) is 30.0 Å². The third-order valence-electron chi connectivity index (χ3n) is 3.25. The molecule has 98 valence electrons. The largest absolute Gasteiger partial charge is 0.493 e. The lowest BCUT2D eigenvalue weighted by Crippen LogP contribution is -1.98. The van der Waals surface area contributed by atoms with Gasteiger partial charge in [-0.1, -0.05) is 25.4 Å². The predicted molar refractivity (Wildman–Crippen MR) is 75.8 cm³/mol. The van der Waals surface area contributed by atoms with Gasteiger partial charge in [-0.3, -0.25) is 0 Å². The maximum atomic E-state index is 6.09. The smallest absolute Gasteiger partial charge is 0.161 e. The first-order chi connectivity index (χ1) is 9.13. The Kier molecular flexibility index (Phi) is 3.15. The lowest BCUT2D eigenvalue weighted by molar-refractivity contribution is 0.357. The number of ether oxygens (including phenoxy) is 1. The Labute approximate surface area is 117 Å². The third-order valence-corrected chi connectivity index (χ3v) is 3.45. The van der Waals surface area contributed by atoms with Crippen LogP contribution >= 0.6 is 11.6 Å². The molecule has 0 aliphatic carbocycles. The number of hydrogen-bond acceptors (Lipinski definition) is 3. The predicted octanol–water partition coefficient (Wildman–Crippen LogP) is 3.86. The quantitative estimate of drug-likeness (QED) is 0.780. The Balaban J connectivity index is 2.06. The molecule has 0 saturated carbocycles. The fourth-order valence-electron chi connectivity index (χ4n) is 2.19. The average Bonchev–Trinajstić information content (AvgIpc) is 2.85. The molecule has 1 aliphatic heterocycles. The molecule has 0 radical (unpaired) electrons. The van der Waals surface area contributed by atoms with Crippen LogP contribution in [0, 0.1) is 0 Å². The lowest BCUT2D eigenvalue weighted by Gasteiger charge is -2.08. The minimum atomic E-state index is 0.331. The maximum Gasteiger partial charge on any atom is 0.161 e. The molecular formula is C15H15ClN2O. The summed E-state index contributed by atoms with van der Waals surface area (Å²) in [5.74, 6) is 1.98. The van der Waals surface area contributed by atoms with E-state index in [9.17, 15) is 0 Å². The van der Waals surface area contributed by atoms with Gasteiger partial charge in [-0.25, -0.2) is 9.97 Å². The van der Waals surface area contributed by atoms with Crippen molar-refractivity contribution in [2.75, 3.05) is 6.61 Å². The second-order valence-corrected chi connectivity index (χ2v) is 5.40. The van der Waals surface area contributed by atoms with Crippen molar-refractivity contribution in [3.8, 4) is 17.1 Å². The van der Waals surface area contributed by atoms with E-state index >= 15 is 0 Å². The summed E-state index contributed by atoms with van der Waals surface area (Å²) < 4.78 is 5.51. The monoisotopic (exact) mass is 274 g/mol. The summed E-state index contributed by atoms with van der Waals surface area (Å²) in [6.07, 6.45) is 0.945. The highest BCUT2D eigenvalue weighted by Crippen LogP contribution is 2.30. The molecule has 1 aromatic carbocycles. The van der Waals surface area contributed by atoms with Crippen LogP contribution in [0.2, 0.25) is 5.15 Å². The van der Waals surface area contributed by atoms with Gasteiger partial charge in [-0.15, -0.1) is 0 Å². The van der Waals surface area contributed by atoms with Crippen LogP contribution in [0.25, 0.3) is 11.4 Å². The summed E-state index contributed by atoms with van der Waals surface area (Å²) in [7, 11) is 0. The first kappa shape index (κ1) is 12.4. The van der Waals surface area contributed by atoms with E-state index in [1.807, 2.05) is 18.2 Å². The molecule has 4 heteroatoms. The van der Waals surface area contributed by atoms with Crippen LogP contribution in [0.5, 0.6) is 5.75 Å². The summed E-state index contributed by atoms with van der Waals surface area (Å²) in [5.41, 5.74) is 3.17. The Morgan fingerprint density at radius 2 is 2.05 bits per heavy atom. The average molecular weight is 275 g/mol. The molecule has 0 amide bonds. The van der Waals surface area contributed by atoms with E-state index in [1.165, 1.54) is 5.56 Å². The molecule has 0 fully saturated rings. The van der Waals surface area contributed by atoms with Crippen molar-refractivity contribution in [1.82, 2.24) is 9.97 Å². The maximum absolute atomic E-state index is 6.09. The topological polar surface area (TPSA) is 35.0 Å². The summed E-state index contributed by atoms with van der Waals surface area (Å²) in [4.78, 5) is 8.92. The molecule has 1 aromatic heterocycles. The van der Waals surface area contributed by atoms with Crippen LogP contribution in [-0.4, -0.2) is 16.6 Å². The van der Waals surface area contributed by atoms with Gasteiger partial charge in [0.2, 0.25) is 0 Å². The molecular weight excluding hydrogens is 260 g/mol. The highest BCUT2D eigenvalue weighted by Gasteiger charge is 2.15. The van der Waals surface area contributed by atoms with E-state index in [4.69, 9.17) is 16.3 Å². The van der Waals surface area contributed by atoms with Gasteiger partial charge in [0, 0.05) is 17.7 Å². The molecule has 3 rings (SSSR count). The number of fused-ring (bicyclic) bond motifs is 1. The van der Waals surface area contributed by atoms with Crippen LogP contribution < -0.4 is 4.74 Å². The van der Waals surface area contributed by atoms with E-state index in [2.05, 4.69) is 29.9 Å². The summed E-state index contributed by atoms with van der Waals surface area (Å²) in [6.45, 7) is 4.95. The minimum absolute atomic E-state index is 0.331. The van der Waals surface area contributed by atoms with Gasteiger partial charge in [0.25, 0.3) is 0 Å². The first-order valence-electron chi connectivity index (χ1n) is 6.44. The van der Waals surface area contributed by atoms with Crippen molar-refractivity contribution in [2.24, 2.45) is 0 Å². The second kappa shape index (κ2) is 4.82. The molecule has 0 unspecified atom stereocenters. The van der Waals surface area contributed by atoms with Gasteiger partial charge < -0.3 is 4.74 Å². The molecule has 2 aromatic rings. The van der Waals surface area contributed by atoms with Crippen LogP contribution in [0.3, 0.4) is 0 Å². The van der Waals surface area contributed by atoms with Crippen molar-refractivity contribution >= 4 is 11.6 Å². The zero-order valence-electron chi connectivity index (χ0n) is 11.0. The normalized spacial score (nSPS) is 13.5. The first-order valence-corrected chi connectivity index (χ1v) is 6.82. The molecule has 0 bridgehead atoms. The van der Waals surface area contributed by atoms with E-state index in [-0.39, 0.29) is 0 Å². The number of nitrogens with zero attached hydrogens (tertiary/aromatic N) is 2. The molecule has 0 saturated heterocycles. The molecule has 1 aliphatic rings. The van der Waals surface area contributed by atoms with Crippen LogP contribution in [-0.2, 0) is 6.42 Å². The third kappa shape index (κ3) is 2.43. The SMILES string of the molecule is CC(C)c1cc(Cl)nc(-c2ccc3c(c2)CCO3)n1. The fraction of sp³-hybridized carbons (Fsp3) is 0.333. The summed E-state index contributed by atoms with van der Waals surface area (Å²) in [6, 6.07) is 7.89. The van der Waals surface area contributed by atoms with E-state index in [0.29, 0.717) is 16.9 Å². The number of aromatic nitrogens is 2. The van der Waals surface area contributed by atoms with Gasteiger partial charge >= 0.3 is 0 Å². The van der Waals surface area contributed by atoms with E-state index < -0.39 is 0 Å². The van der Waals surface area contributed by atoms with E-state index in [1.54, 1.807) is 0 Å². The van der Waals surface area contributed by atoms with Crippen LogP contribution in [0.15, 0.2) is 24.3 Å². The van der Waals surface area contributed by atoms with Crippen molar-refractivity contribution < 1.29 is 4.74 Å². The molecule has 0 atom stereocenters. The van der Waals surface area contributed by atoms with Crippen LogP contribution in [0.4, 0.5) is 0 Å². The van der Waals surface area contributed by atoms with Gasteiger partial charge in [-0.2, -0.15) is 0 Å². The minimum Gasteiger partial charge on any atom is -0.493 e. The number of benzene rings is 1. The Bertz CT molecular complexity index is 626. The second-order valence-electron chi connectivity index (χ2n) is 5.01. The Morgan fingerprint density at radius 3 is 2.84 bits per heavy atom. The van der Waals surface area contributed by atoms with Gasteiger partial charge in [-0.05, 0) is 35.7 Å². The summed E-state index contributed by atoms with van der Waals surface area (Å²) in [5, 5.41) is 0.491. The molecule has 3 nitrogen and oxygen atoms in total. The fourth-order valence-corrected chi connectivity index (χ4v) is 2.38. The van der Waals surface area contributed by atoms with Crippen molar-refractivity contribution in [3.63, 3.8) is 0 Å². The van der Waals surface area contributed by atoms with Crippen molar-refractivity contribution in [1.29, 1.82) is 0 Å². The van der Waals surface area contributed by atoms with Gasteiger partial charge in [0.15, 0.2) is 5.82 Å². The van der Waals surface area contributed by atoms with Crippen molar-refractivity contribution in [2.45, 2.75) is 26.2 Å². The zero-order chi connectivity index (χ0) is 13.4.